The van der Waals surface area contributed by atoms with Crippen LogP contribution in [0.3, 0.4) is 0 Å². The third-order valence-electron chi connectivity index (χ3n) is 5.93. The van der Waals surface area contributed by atoms with Gasteiger partial charge < -0.3 is 9.84 Å². The number of benzene rings is 2. The van der Waals surface area contributed by atoms with E-state index in [1.165, 1.54) is 0 Å². The standard InChI is InChI=1S/C23H24N2O4/c1-14-15(2)21-20(22(26)25(13-24-21)19-7-9-29-10-8-19)12-18(14)11-16-3-5-17(6-4-16)23(27)28/h3-6,12-13,19H,7-11H2,1-2H3,(H,27,28). The molecule has 150 valence electrons. The smallest absolute Gasteiger partial charge is 0.335 e. The summed E-state index contributed by atoms with van der Waals surface area (Å²) in [4.78, 5) is 28.9. The molecule has 2 aromatic carbocycles. The number of rotatable bonds is 4. The van der Waals surface area contributed by atoms with Crippen molar-refractivity contribution in [3.63, 3.8) is 0 Å². The number of carbonyl (C=O) groups is 1. The molecule has 1 aliphatic heterocycles. The average Bonchev–Trinajstić information content (AvgIpc) is 2.73. The maximum absolute atomic E-state index is 13.2. The lowest BCUT2D eigenvalue weighted by atomic mass is 9.94. The van der Waals surface area contributed by atoms with Gasteiger partial charge in [-0.2, -0.15) is 0 Å². The number of nitrogens with zero attached hydrogens (tertiary/aromatic N) is 2. The molecule has 0 spiro atoms. The van der Waals surface area contributed by atoms with Crippen LogP contribution < -0.4 is 5.56 Å². The first kappa shape index (κ1) is 19.3. The Labute approximate surface area is 168 Å². The summed E-state index contributed by atoms with van der Waals surface area (Å²) in [5.41, 5.74) is 5.19. The molecule has 0 aliphatic carbocycles. The van der Waals surface area contributed by atoms with Crippen LogP contribution in [0, 0.1) is 13.8 Å². The zero-order valence-corrected chi connectivity index (χ0v) is 16.6. The highest BCUT2D eigenvalue weighted by Gasteiger charge is 2.19. The first-order valence-corrected chi connectivity index (χ1v) is 9.85. The van der Waals surface area contributed by atoms with E-state index >= 15 is 0 Å². The summed E-state index contributed by atoms with van der Waals surface area (Å²) in [5, 5.41) is 9.71. The Kier molecular flexibility index (Phi) is 5.20. The monoisotopic (exact) mass is 392 g/mol. The Morgan fingerprint density at radius 1 is 1.17 bits per heavy atom. The van der Waals surface area contributed by atoms with Gasteiger partial charge in [0, 0.05) is 19.3 Å². The molecule has 0 saturated carbocycles. The van der Waals surface area contributed by atoms with Crippen LogP contribution in [0.25, 0.3) is 10.9 Å². The van der Waals surface area contributed by atoms with Gasteiger partial charge in [0.05, 0.1) is 22.8 Å². The lowest BCUT2D eigenvalue weighted by Crippen LogP contribution is -2.29. The van der Waals surface area contributed by atoms with Crippen molar-refractivity contribution in [2.24, 2.45) is 0 Å². The zero-order chi connectivity index (χ0) is 20.5. The first-order chi connectivity index (χ1) is 14.0. The Hall–Kier alpha value is -2.99. The Morgan fingerprint density at radius 2 is 1.86 bits per heavy atom. The highest BCUT2D eigenvalue weighted by molar-refractivity contribution is 5.87. The molecule has 1 N–H and O–H groups in total. The van der Waals surface area contributed by atoms with E-state index in [1.807, 2.05) is 32.0 Å². The molecule has 0 atom stereocenters. The highest BCUT2D eigenvalue weighted by atomic mass is 16.5. The second-order valence-corrected chi connectivity index (χ2v) is 7.66. The fourth-order valence-corrected chi connectivity index (χ4v) is 4.00. The van der Waals surface area contributed by atoms with E-state index in [-0.39, 0.29) is 17.2 Å². The molecule has 6 heteroatoms. The summed E-state index contributed by atoms with van der Waals surface area (Å²) in [5.74, 6) is -0.936. The minimum Gasteiger partial charge on any atom is -0.478 e. The summed E-state index contributed by atoms with van der Waals surface area (Å²) in [6.07, 6.45) is 3.95. The van der Waals surface area contributed by atoms with Crippen LogP contribution in [0.1, 0.15) is 51.5 Å². The fraction of sp³-hybridized carbons (Fsp3) is 0.348. The number of aromatic carboxylic acids is 1. The quantitative estimate of drug-likeness (QED) is 0.733. The van der Waals surface area contributed by atoms with Crippen LogP contribution in [-0.4, -0.2) is 33.8 Å². The van der Waals surface area contributed by atoms with Crippen molar-refractivity contribution in [2.75, 3.05) is 13.2 Å². The molecule has 0 bridgehead atoms. The molecule has 1 aromatic heterocycles. The molecule has 1 aliphatic rings. The van der Waals surface area contributed by atoms with Gasteiger partial charge in [-0.25, -0.2) is 9.78 Å². The molecule has 3 aromatic rings. The molecular formula is C23H24N2O4. The van der Waals surface area contributed by atoms with Gasteiger partial charge in [0.15, 0.2) is 0 Å². The molecule has 0 unspecified atom stereocenters. The molecule has 0 amide bonds. The van der Waals surface area contributed by atoms with Crippen molar-refractivity contribution in [1.29, 1.82) is 0 Å². The van der Waals surface area contributed by atoms with Crippen LogP contribution in [0.2, 0.25) is 0 Å². The number of carboxylic acids is 1. The summed E-state index contributed by atoms with van der Waals surface area (Å²) < 4.78 is 7.17. The van der Waals surface area contributed by atoms with Crippen LogP contribution >= 0.6 is 0 Å². The average molecular weight is 392 g/mol. The van der Waals surface area contributed by atoms with Crippen molar-refractivity contribution in [2.45, 2.75) is 39.2 Å². The third kappa shape index (κ3) is 3.68. The van der Waals surface area contributed by atoms with E-state index in [0.29, 0.717) is 25.0 Å². The number of carboxylic acid groups (broad SMARTS) is 1. The van der Waals surface area contributed by atoms with Crippen molar-refractivity contribution >= 4 is 16.9 Å². The van der Waals surface area contributed by atoms with E-state index in [2.05, 4.69) is 4.98 Å². The minimum atomic E-state index is -0.936. The molecule has 1 fully saturated rings. The van der Waals surface area contributed by atoms with Gasteiger partial charge in [-0.1, -0.05) is 12.1 Å². The second-order valence-electron chi connectivity index (χ2n) is 7.66. The van der Waals surface area contributed by atoms with Crippen molar-refractivity contribution < 1.29 is 14.6 Å². The number of fused-ring (bicyclic) bond motifs is 1. The summed E-state index contributed by atoms with van der Waals surface area (Å²) in [6.45, 7) is 5.38. The highest BCUT2D eigenvalue weighted by Crippen LogP contribution is 2.25. The maximum Gasteiger partial charge on any atom is 0.335 e. The molecule has 4 rings (SSSR count). The Morgan fingerprint density at radius 3 is 2.52 bits per heavy atom. The lowest BCUT2D eigenvalue weighted by molar-refractivity contribution is 0.0684. The molecule has 2 heterocycles. The van der Waals surface area contributed by atoms with Crippen LogP contribution in [0.15, 0.2) is 41.5 Å². The van der Waals surface area contributed by atoms with E-state index in [1.54, 1.807) is 23.0 Å². The minimum absolute atomic E-state index is 0.00697. The van der Waals surface area contributed by atoms with Crippen LogP contribution in [-0.2, 0) is 11.2 Å². The van der Waals surface area contributed by atoms with Gasteiger partial charge in [0.1, 0.15) is 0 Å². The second kappa shape index (κ2) is 7.79. The van der Waals surface area contributed by atoms with Gasteiger partial charge in [0.25, 0.3) is 5.56 Å². The summed E-state index contributed by atoms with van der Waals surface area (Å²) in [7, 11) is 0. The van der Waals surface area contributed by atoms with Gasteiger partial charge in [-0.3, -0.25) is 9.36 Å². The normalized spacial score (nSPS) is 15.0. The van der Waals surface area contributed by atoms with E-state index in [4.69, 9.17) is 9.84 Å². The third-order valence-corrected chi connectivity index (χ3v) is 5.93. The Bertz CT molecular complexity index is 1130. The van der Waals surface area contributed by atoms with Gasteiger partial charge >= 0.3 is 5.97 Å². The Balaban J connectivity index is 1.76. The van der Waals surface area contributed by atoms with Crippen molar-refractivity contribution in [1.82, 2.24) is 9.55 Å². The maximum atomic E-state index is 13.2. The first-order valence-electron chi connectivity index (χ1n) is 9.85. The van der Waals surface area contributed by atoms with E-state index in [0.717, 1.165) is 40.6 Å². The predicted molar refractivity (Wildman–Crippen MR) is 111 cm³/mol. The van der Waals surface area contributed by atoms with Gasteiger partial charge in [-0.15, -0.1) is 0 Å². The van der Waals surface area contributed by atoms with Gasteiger partial charge in [0.2, 0.25) is 0 Å². The predicted octanol–water partition coefficient (Wildman–Crippen LogP) is 3.65. The van der Waals surface area contributed by atoms with Crippen LogP contribution in [0.5, 0.6) is 0 Å². The number of hydrogen-bond acceptors (Lipinski definition) is 4. The number of hydrogen-bond donors (Lipinski definition) is 1. The largest absolute Gasteiger partial charge is 0.478 e. The number of ether oxygens (including phenoxy) is 1. The molecule has 1 saturated heterocycles. The molecule has 6 nitrogen and oxygen atoms in total. The topological polar surface area (TPSA) is 81.4 Å². The summed E-state index contributed by atoms with van der Waals surface area (Å²) >= 11 is 0. The molecule has 0 radical (unpaired) electrons. The summed E-state index contributed by atoms with van der Waals surface area (Å²) in [6, 6.07) is 8.95. The van der Waals surface area contributed by atoms with Gasteiger partial charge in [-0.05, 0) is 73.6 Å². The lowest BCUT2D eigenvalue weighted by Gasteiger charge is -2.24. The number of aromatic nitrogens is 2. The fourth-order valence-electron chi connectivity index (χ4n) is 4.00. The van der Waals surface area contributed by atoms with Crippen molar-refractivity contribution in [3.05, 3.63) is 74.8 Å². The number of aryl methyl sites for hydroxylation is 1. The van der Waals surface area contributed by atoms with E-state index in [9.17, 15) is 9.59 Å². The van der Waals surface area contributed by atoms with Crippen LogP contribution in [0.4, 0.5) is 0 Å². The van der Waals surface area contributed by atoms with Crippen molar-refractivity contribution in [3.8, 4) is 0 Å². The zero-order valence-electron chi connectivity index (χ0n) is 16.6. The molecular weight excluding hydrogens is 368 g/mol. The molecule has 29 heavy (non-hydrogen) atoms. The SMILES string of the molecule is Cc1c(Cc2ccc(C(=O)O)cc2)cc2c(=O)n(C3CCOCC3)cnc2c1C. The van der Waals surface area contributed by atoms with E-state index < -0.39 is 5.97 Å².